The maximum Gasteiger partial charge on any atom is 0.416 e. The minimum absolute atomic E-state index is 0. The van der Waals surface area contributed by atoms with Gasteiger partial charge in [0, 0.05) is 40.5 Å². The van der Waals surface area contributed by atoms with Gasteiger partial charge in [-0.3, -0.25) is 0 Å². The maximum absolute atomic E-state index is 14.9. The minimum Gasteiger partial charge on any atom is -1.00 e. The first kappa shape index (κ1) is 62.6. The van der Waals surface area contributed by atoms with Crippen LogP contribution in [0.2, 0.25) is 0 Å². The Morgan fingerprint density at radius 2 is 0.797 bits per heavy atom. The molecule has 1 aliphatic heterocycles. The van der Waals surface area contributed by atoms with Crippen molar-refractivity contribution in [3.05, 3.63) is 93.0 Å². The fourth-order valence-corrected chi connectivity index (χ4v) is 10.8. The highest BCUT2D eigenvalue weighted by molar-refractivity contribution is 5.91. The van der Waals surface area contributed by atoms with Crippen LogP contribution in [-0.4, -0.2) is 44.5 Å². The van der Waals surface area contributed by atoms with Gasteiger partial charge in [-0.2, -0.15) is 52.7 Å². The van der Waals surface area contributed by atoms with Gasteiger partial charge in [0.15, 0.2) is 0 Å². The summed E-state index contributed by atoms with van der Waals surface area (Å²) in [5.74, 6) is 0.0203. The van der Waals surface area contributed by atoms with Gasteiger partial charge in [-0.1, -0.05) is 107 Å². The van der Waals surface area contributed by atoms with E-state index in [0.717, 1.165) is 51.4 Å². The lowest BCUT2D eigenvalue weighted by Crippen LogP contribution is -3.00. The summed E-state index contributed by atoms with van der Waals surface area (Å²) in [5, 5.41) is 0. The second-order valence-electron chi connectivity index (χ2n) is 22.2. The number of hydrogen-bond donors (Lipinski definition) is 0. The Labute approximate surface area is 439 Å². The Hall–Kier alpha value is -3.96. The second-order valence-corrected chi connectivity index (χ2v) is 22.2. The monoisotopic (exact) mass is 1130 g/mol. The molecule has 0 amide bonds. The first-order chi connectivity index (χ1) is 33.5. The molecule has 0 unspecified atom stereocenters. The van der Waals surface area contributed by atoms with Gasteiger partial charge in [-0.15, -0.1) is 0 Å². The van der Waals surface area contributed by atoms with Crippen molar-refractivity contribution in [3.8, 4) is 44.9 Å². The van der Waals surface area contributed by atoms with Crippen LogP contribution in [0, 0.1) is 0 Å². The number of alkyl halides is 12. The molecule has 0 fully saturated rings. The molecule has 5 rings (SSSR count). The highest BCUT2D eigenvalue weighted by atomic mass is 79.9. The average molecular weight is 1130 g/mol. The van der Waals surface area contributed by atoms with Crippen molar-refractivity contribution < 1.29 is 88.4 Å². The first-order valence-electron chi connectivity index (χ1n) is 25.0. The largest absolute Gasteiger partial charge is 1.00 e. The van der Waals surface area contributed by atoms with E-state index in [1.807, 2.05) is 14.0 Å². The number of nitrogens with zero attached hydrogens (tertiary/aromatic N) is 1. The quantitative estimate of drug-likeness (QED) is 0.0599. The van der Waals surface area contributed by atoms with E-state index in [-0.39, 0.29) is 80.4 Å². The molecule has 4 nitrogen and oxygen atoms in total. The summed E-state index contributed by atoms with van der Waals surface area (Å²) >= 11 is 0. The standard InChI is InChI=1S/C57H72F12NO3.BrH/c1-14-16-18-20-22-53(73-13,23-21-19-17-15-2)34(3)70(10)32-43-41(30-45(51(4,5)6)49(71-11)47(43)35-24-37(54(58,59)60)28-38(25-35)55(61,62)63)42-31-46(52(7,8)9)50(72-12)48(44(42)33-70)36-26-39(56(64,65)66)29-40(27-36)57(67,68)69;/h24-31,34H,14-23,32-33H2,1-13H3;1H/q+1;/p-1/t34-;/m0./s1. The van der Waals surface area contributed by atoms with Crippen molar-refractivity contribution in [1.29, 1.82) is 0 Å². The van der Waals surface area contributed by atoms with Crippen molar-refractivity contribution in [2.45, 2.75) is 187 Å². The molecule has 0 saturated carbocycles. The lowest BCUT2D eigenvalue weighted by atomic mass is 9.76. The molecule has 414 valence electrons. The van der Waals surface area contributed by atoms with Crippen LogP contribution in [0.4, 0.5) is 52.7 Å². The summed E-state index contributed by atoms with van der Waals surface area (Å²) < 4.78 is 197. The second kappa shape index (κ2) is 22.9. The molecule has 17 heteroatoms. The van der Waals surface area contributed by atoms with Crippen molar-refractivity contribution in [3.63, 3.8) is 0 Å². The van der Waals surface area contributed by atoms with E-state index in [9.17, 15) is 52.7 Å². The number of methoxy groups -OCH3 is 3. The van der Waals surface area contributed by atoms with Crippen LogP contribution in [0.3, 0.4) is 0 Å². The van der Waals surface area contributed by atoms with Crippen LogP contribution in [0.15, 0.2) is 48.5 Å². The van der Waals surface area contributed by atoms with Gasteiger partial charge in [0.2, 0.25) is 0 Å². The number of halogens is 13. The SMILES string of the molecule is CCCCCCC(CCCCCC)(OC)[C@H](C)[N+]1(C)Cc2c(cc(C(C)(C)C)c(OC)c2-c2cc(C(F)(F)F)cc(C(F)(F)F)c2)-c2cc(C(C)(C)C)c(OC)c(-c3cc(C(F)(F)F)cc(C(F)(F)F)c3)c2C1.[Br-]. The number of rotatable bonds is 17. The fraction of sp³-hybridized carbons (Fsp3) is 0.579. The van der Waals surface area contributed by atoms with Crippen LogP contribution in [-0.2, 0) is 53.4 Å². The molecule has 0 saturated heterocycles. The van der Waals surface area contributed by atoms with Crippen molar-refractivity contribution in [2.75, 3.05) is 28.4 Å². The number of benzene rings is 4. The fourth-order valence-electron chi connectivity index (χ4n) is 10.8. The van der Waals surface area contributed by atoms with Crippen LogP contribution in [0.25, 0.3) is 33.4 Å². The molecular weight excluding hydrogens is 1050 g/mol. The Kier molecular flexibility index (Phi) is 19.4. The summed E-state index contributed by atoms with van der Waals surface area (Å²) in [6, 6.07) is 5.71. The van der Waals surface area contributed by atoms with E-state index >= 15 is 0 Å². The lowest BCUT2D eigenvalue weighted by Gasteiger charge is -2.49. The zero-order valence-electron chi connectivity index (χ0n) is 44.8. The molecule has 74 heavy (non-hydrogen) atoms. The predicted octanol–water partition coefficient (Wildman–Crippen LogP) is 15.6. The van der Waals surface area contributed by atoms with Gasteiger partial charge in [0.25, 0.3) is 0 Å². The van der Waals surface area contributed by atoms with Crippen LogP contribution in [0.1, 0.15) is 171 Å². The number of fused-ring (bicyclic) bond motifs is 3. The van der Waals surface area contributed by atoms with Gasteiger partial charge < -0.3 is 35.7 Å². The third kappa shape index (κ3) is 13.4. The van der Waals surface area contributed by atoms with E-state index in [1.54, 1.807) is 60.8 Å². The molecule has 0 N–H and O–H groups in total. The number of unbranched alkanes of at least 4 members (excludes halogenated alkanes) is 6. The molecule has 0 aromatic heterocycles. The minimum atomic E-state index is -5.23. The highest BCUT2D eigenvalue weighted by Gasteiger charge is 2.50. The van der Waals surface area contributed by atoms with E-state index in [1.165, 1.54) is 14.2 Å². The Bertz CT molecular complexity index is 2350. The van der Waals surface area contributed by atoms with Gasteiger partial charge in [0.05, 0.1) is 43.5 Å². The number of quaternary nitrogens is 1. The summed E-state index contributed by atoms with van der Waals surface area (Å²) in [5.41, 5.74) is -8.12. The number of likely N-dealkylation sites (N-methyl/N-ethyl adjacent to an activating group) is 1. The van der Waals surface area contributed by atoms with Crippen molar-refractivity contribution in [1.82, 2.24) is 0 Å². The van der Waals surface area contributed by atoms with Crippen molar-refractivity contribution >= 4 is 0 Å². The number of ether oxygens (including phenoxy) is 3. The molecule has 4 aromatic rings. The number of hydrogen-bond acceptors (Lipinski definition) is 3. The van der Waals surface area contributed by atoms with Gasteiger partial charge >= 0.3 is 24.7 Å². The first-order valence-corrected chi connectivity index (χ1v) is 25.0. The molecule has 4 aromatic carbocycles. The van der Waals surface area contributed by atoms with Crippen LogP contribution < -0.4 is 26.5 Å². The van der Waals surface area contributed by atoms with E-state index in [0.29, 0.717) is 59.4 Å². The smallest absolute Gasteiger partial charge is 0.416 e. The Morgan fingerprint density at radius 3 is 1.04 bits per heavy atom. The summed E-state index contributed by atoms with van der Waals surface area (Å²) in [7, 11) is 6.04. The topological polar surface area (TPSA) is 27.7 Å². The van der Waals surface area contributed by atoms with Gasteiger partial charge in [-0.05, 0) is 101 Å². The normalized spacial score (nSPS) is 15.0. The third-order valence-electron chi connectivity index (χ3n) is 14.9. The third-order valence-corrected chi connectivity index (χ3v) is 14.9. The Balaban J connectivity index is 0.0000119. The van der Waals surface area contributed by atoms with E-state index in [4.69, 9.17) is 14.2 Å². The molecular formula is C57H72BrF12NO3. The lowest BCUT2D eigenvalue weighted by molar-refractivity contribution is -0.963. The molecule has 0 aliphatic carbocycles. The predicted molar refractivity (Wildman–Crippen MR) is 264 cm³/mol. The van der Waals surface area contributed by atoms with Gasteiger partial charge in [-0.25, -0.2) is 0 Å². The van der Waals surface area contributed by atoms with E-state index < -0.39 is 80.6 Å². The summed E-state index contributed by atoms with van der Waals surface area (Å²) in [6.45, 7) is 16.6. The molecule has 1 heterocycles. The molecule has 0 spiro atoms. The zero-order valence-corrected chi connectivity index (χ0v) is 46.4. The van der Waals surface area contributed by atoms with E-state index in [2.05, 4.69) is 13.8 Å². The summed E-state index contributed by atoms with van der Waals surface area (Å²) in [6.07, 6.45) is -12.9. The summed E-state index contributed by atoms with van der Waals surface area (Å²) in [4.78, 5) is 0. The Morgan fingerprint density at radius 1 is 0.486 bits per heavy atom. The molecule has 1 aliphatic rings. The molecule has 1 atom stereocenters. The maximum atomic E-state index is 14.9. The zero-order chi connectivity index (χ0) is 55.1. The van der Waals surface area contributed by atoms with Crippen LogP contribution >= 0.6 is 0 Å². The van der Waals surface area contributed by atoms with Gasteiger partial charge in [0.1, 0.15) is 36.2 Å². The van der Waals surface area contributed by atoms with Crippen molar-refractivity contribution in [2.24, 2.45) is 0 Å². The molecule has 0 radical (unpaired) electrons. The highest BCUT2D eigenvalue weighted by Crippen LogP contribution is 2.56. The van der Waals surface area contributed by atoms with Crippen LogP contribution in [0.5, 0.6) is 11.5 Å². The molecule has 0 bridgehead atoms. The average Bonchev–Trinajstić information content (AvgIpc) is 3.41.